The molecule has 16 nitrogen and oxygen atoms in total. The molecule has 364 valence electrons. The van der Waals surface area contributed by atoms with Gasteiger partial charge in [0.2, 0.25) is 0 Å². The SMILES string of the molecule is COc1ccc(O)c(OC)c1.COc1ccc(Oc2ccc(C(F)(F)F)c(F)c2C(=O)Nc2ccnc(C(N)=O)c2)c(OC)c1.NC(=O)c1cc(NC(=O)c2c(Br)ccc(C(F)(F)F)c2F)ccn1. The van der Waals surface area contributed by atoms with Crippen LogP contribution in [0.15, 0.2) is 102 Å². The predicted octanol–water partition coefficient (Wildman–Crippen LogP) is 9.16. The van der Waals surface area contributed by atoms with Crippen LogP contribution in [0.25, 0.3) is 0 Å². The molecule has 6 aromatic rings. The molecule has 69 heavy (non-hydrogen) atoms. The van der Waals surface area contributed by atoms with Gasteiger partial charge in [0.1, 0.15) is 40.0 Å². The van der Waals surface area contributed by atoms with Crippen molar-refractivity contribution in [2.75, 3.05) is 39.1 Å². The molecule has 0 radical (unpaired) electrons. The maximum absolute atomic E-state index is 15.0. The van der Waals surface area contributed by atoms with Gasteiger partial charge in [-0.1, -0.05) is 0 Å². The van der Waals surface area contributed by atoms with Crippen molar-refractivity contribution < 1.29 is 83.1 Å². The largest absolute Gasteiger partial charge is 0.504 e. The summed E-state index contributed by atoms with van der Waals surface area (Å²) in [6.45, 7) is 0. The number of benzene rings is 4. The number of alkyl halides is 6. The van der Waals surface area contributed by atoms with Gasteiger partial charge in [0.25, 0.3) is 23.6 Å². The Kier molecular flexibility index (Phi) is 17.8. The van der Waals surface area contributed by atoms with E-state index in [-0.39, 0.29) is 44.5 Å². The molecule has 0 aliphatic carbocycles. The number of methoxy groups -OCH3 is 4. The second kappa shape index (κ2) is 23.0. The van der Waals surface area contributed by atoms with Gasteiger partial charge in [-0.05, 0) is 88.7 Å². The molecule has 0 aliphatic heterocycles. The van der Waals surface area contributed by atoms with E-state index in [0.717, 1.165) is 36.7 Å². The summed E-state index contributed by atoms with van der Waals surface area (Å²) >= 11 is 2.85. The Morgan fingerprint density at radius 3 is 1.46 bits per heavy atom. The lowest BCUT2D eigenvalue weighted by atomic mass is 10.1. The first kappa shape index (κ1) is 53.4. The third-order valence-corrected chi connectivity index (χ3v) is 9.44. The van der Waals surface area contributed by atoms with Crippen molar-refractivity contribution in [2.45, 2.75) is 12.4 Å². The van der Waals surface area contributed by atoms with Crippen molar-refractivity contribution in [3.05, 3.63) is 147 Å². The molecule has 25 heteroatoms. The van der Waals surface area contributed by atoms with Crippen molar-refractivity contribution in [3.63, 3.8) is 0 Å². The standard InChI is InChI=1S/C22H17F4N3O5.C14H8BrF4N3O2.C8H10O3/c1-32-12-3-5-15(17(10-12)33-2)34-16-6-4-13(22(24,25)26)19(23)18(16)21(31)29-11-7-8-28-14(9-11)20(27)30;15-8-2-1-7(14(17,18)19)11(16)10(8)13(24)22-6-3-4-21-9(5-6)12(20)23;1-10-6-3-4-7(9)8(5-6)11-2/h3-10H,1-2H3,(H2,27,30)(H,28,29,31);1-5H,(H2,20,23)(H,21,22,24);3-5,9H,1-2H3. The number of pyridine rings is 2. The molecule has 7 N–H and O–H groups in total. The van der Waals surface area contributed by atoms with Gasteiger partial charge >= 0.3 is 12.4 Å². The second-order valence-electron chi connectivity index (χ2n) is 13.2. The van der Waals surface area contributed by atoms with Crippen LogP contribution < -0.4 is 45.8 Å². The molecule has 0 spiro atoms. The first-order chi connectivity index (χ1) is 32.4. The van der Waals surface area contributed by atoms with E-state index >= 15 is 0 Å². The summed E-state index contributed by atoms with van der Waals surface area (Å²) in [4.78, 5) is 54.7. The van der Waals surface area contributed by atoms with E-state index in [1.807, 2.05) is 0 Å². The average Bonchev–Trinajstić information content (AvgIpc) is 3.29. The number of amides is 4. The summed E-state index contributed by atoms with van der Waals surface area (Å²) < 4.78 is 133. The van der Waals surface area contributed by atoms with E-state index in [0.29, 0.717) is 29.4 Å². The maximum Gasteiger partial charge on any atom is 0.419 e. The number of hydrogen-bond acceptors (Lipinski definition) is 12. The van der Waals surface area contributed by atoms with Gasteiger partial charge in [0.15, 0.2) is 28.8 Å². The van der Waals surface area contributed by atoms with Gasteiger partial charge in [-0.15, -0.1) is 0 Å². The Labute approximate surface area is 393 Å². The van der Waals surface area contributed by atoms with Crippen LogP contribution in [0.5, 0.6) is 40.2 Å². The molecule has 2 aromatic heterocycles. The normalized spacial score (nSPS) is 10.8. The molecule has 0 fully saturated rings. The van der Waals surface area contributed by atoms with E-state index in [4.69, 9.17) is 40.3 Å². The van der Waals surface area contributed by atoms with Crippen LogP contribution in [0.2, 0.25) is 0 Å². The lowest BCUT2D eigenvalue weighted by Gasteiger charge is -2.17. The number of carbonyl (C=O) groups is 4. The number of carbonyl (C=O) groups excluding carboxylic acids is 4. The summed E-state index contributed by atoms with van der Waals surface area (Å²) in [5, 5.41) is 13.6. The maximum atomic E-state index is 15.0. The fraction of sp³-hybridized carbons (Fsp3) is 0.136. The van der Waals surface area contributed by atoms with Crippen LogP contribution in [0.3, 0.4) is 0 Å². The monoisotopic (exact) mass is 1040 g/mol. The van der Waals surface area contributed by atoms with Crippen molar-refractivity contribution in [1.82, 2.24) is 9.97 Å². The minimum atomic E-state index is -5.08. The van der Waals surface area contributed by atoms with Gasteiger partial charge in [-0.25, -0.2) is 8.78 Å². The van der Waals surface area contributed by atoms with E-state index < -0.39 is 75.6 Å². The summed E-state index contributed by atoms with van der Waals surface area (Å²) in [5.41, 5.74) is 4.67. The van der Waals surface area contributed by atoms with E-state index in [1.165, 1.54) is 57.7 Å². The highest BCUT2D eigenvalue weighted by Gasteiger charge is 2.38. The van der Waals surface area contributed by atoms with Crippen molar-refractivity contribution in [3.8, 4) is 40.2 Å². The Balaban J connectivity index is 0.000000255. The van der Waals surface area contributed by atoms with Gasteiger partial charge in [-0.2, -0.15) is 26.3 Å². The molecule has 0 bridgehead atoms. The quantitative estimate of drug-likeness (QED) is 0.0722. The zero-order valence-electron chi connectivity index (χ0n) is 35.8. The Bertz CT molecular complexity index is 2870. The lowest BCUT2D eigenvalue weighted by Crippen LogP contribution is -2.19. The van der Waals surface area contributed by atoms with Gasteiger partial charge in [-0.3, -0.25) is 29.1 Å². The zero-order valence-corrected chi connectivity index (χ0v) is 37.4. The van der Waals surface area contributed by atoms with Crippen LogP contribution in [-0.4, -0.2) is 67.1 Å². The number of nitrogens with one attached hydrogen (secondary N) is 2. The van der Waals surface area contributed by atoms with E-state index in [2.05, 4.69) is 36.5 Å². The molecule has 2 heterocycles. The van der Waals surface area contributed by atoms with Crippen LogP contribution >= 0.6 is 15.9 Å². The fourth-order valence-electron chi connectivity index (χ4n) is 5.49. The number of aromatic hydroxyl groups is 1. The number of rotatable bonds is 12. The zero-order chi connectivity index (χ0) is 51.4. The first-order valence-corrected chi connectivity index (χ1v) is 19.6. The number of hydrogen-bond donors (Lipinski definition) is 5. The van der Waals surface area contributed by atoms with Crippen LogP contribution in [0, 0.1) is 11.6 Å². The topological polar surface area (TPSA) is 237 Å². The van der Waals surface area contributed by atoms with Crippen LogP contribution in [0.4, 0.5) is 46.5 Å². The number of primary amides is 2. The van der Waals surface area contributed by atoms with Gasteiger partial charge < -0.3 is 50.9 Å². The number of halogens is 9. The Hall–Kier alpha value is -8.22. The first-order valence-electron chi connectivity index (χ1n) is 18.8. The molecule has 4 aromatic carbocycles. The number of nitrogens with two attached hydrogens (primary N) is 2. The van der Waals surface area contributed by atoms with Crippen LogP contribution in [-0.2, 0) is 12.4 Å². The molecular formula is C44H35BrF8N6O10. The molecule has 0 saturated carbocycles. The summed E-state index contributed by atoms with van der Waals surface area (Å²) in [6, 6.07) is 16.5. The highest BCUT2D eigenvalue weighted by Crippen LogP contribution is 2.41. The minimum Gasteiger partial charge on any atom is -0.504 e. The molecule has 0 unspecified atom stereocenters. The number of nitrogens with zero attached hydrogens (tertiary/aromatic N) is 2. The number of phenolic OH excluding ortho intramolecular Hbond substituents is 1. The smallest absolute Gasteiger partial charge is 0.419 e. The summed E-state index contributed by atoms with van der Waals surface area (Å²) in [5.74, 6) is -6.55. The third kappa shape index (κ3) is 13.9. The highest BCUT2D eigenvalue weighted by molar-refractivity contribution is 9.10. The van der Waals surface area contributed by atoms with Crippen molar-refractivity contribution in [2.24, 2.45) is 11.5 Å². The molecular weight excluding hydrogens is 1000 g/mol. The number of aromatic nitrogens is 2. The molecule has 4 amide bonds. The van der Waals surface area contributed by atoms with Crippen LogP contribution in [0.1, 0.15) is 52.8 Å². The average molecular weight is 1040 g/mol. The third-order valence-electron chi connectivity index (χ3n) is 8.78. The number of phenols is 1. The van der Waals surface area contributed by atoms with Crippen molar-refractivity contribution >= 4 is 50.9 Å². The van der Waals surface area contributed by atoms with Gasteiger partial charge in [0.05, 0.1) is 45.1 Å². The minimum absolute atomic E-state index is 0.0172. The molecule has 6 rings (SSSR count). The van der Waals surface area contributed by atoms with E-state index in [9.17, 15) is 54.3 Å². The predicted molar refractivity (Wildman–Crippen MR) is 233 cm³/mol. The molecule has 0 aliphatic rings. The lowest BCUT2D eigenvalue weighted by molar-refractivity contribution is -0.140. The summed E-state index contributed by atoms with van der Waals surface area (Å²) in [7, 11) is 5.77. The van der Waals surface area contributed by atoms with Crippen molar-refractivity contribution in [1.29, 1.82) is 0 Å². The second-order valence-corrected chi connectivity index (χ2v) is 14.1. The number of ether oxygens (including phenoxy) is 5. The molecule has 0 saturated heterocycles. The summed E-state index contributed by atoms with van der Waals surface area (Å²) in [6.07, 6.45) is -7.73. The Morgan fingerprint density at radius 2 is 1.00 bits per heavy atom. The fourth-order valence-corrected chi connectivity index (χ4v) is 5.98. The number of anilines is 2. The van der Waals surface area contributed by atoms with Gasteiger partial charge in [0, 0.05) is 40.4 Å². The highest BCUT2D eigenvalue weighted by atomic mass is 79.9. The Morgan fingerprint density at radius 1 is 0.565 bits per heavy atom. The molecule has 0 atom stereocenters. The van der Waals surface area contributed by atoms with E-state index in [1.54, 1.807) is 19.2 Å².